The average molecular weight is 347 g/mol. The number of carbonyl (C=O) groups is 1. The van der Waals surface area contributed by atoms with Crippen LogP contribution in [0.2, 0.25) is 0 Å². The van der Waals surface area contributed by atoms with E-state index in [9.17, 15) is 9.59 Å². The van der Waals surface area contributed by atoms with Crippen molar-refractivity contribution in [1.29, 1.82) is 5.26 Å². The number of hydrogen-bond acceptors (Lipinski definition) is 7. The van der Waals surface area contributed by atoms with Crippen molar-refractivity contribution >= 4 is 28.6 Å². The van der Waals surface area contributed by atoms with Gasteiger partial charge in [-0.3, -0.25) is 9.36 Å². The zero-order valence-corrected chi connectivity index (χ0v) is 14.3. The van der Waals surface area contributed by atoms with E-state index < -0.39 is 5.97 Å². The SMILES string of the molecule is COCCCn1c(SCC#N)nc2cc(C(=O)OC)ccc2c1=O. The lowest BCUT2D eigenvalue weighted by Gasteiger charge is -2.12. The largest absolute Gasteiger partial charge is 0.465 e. The maximum absolute atomic E-state index is 12.7. The molecule has 0 saturated heterocycles. The van der Waals surface area contributed by atoms with Crippen molar-refractivity contribution in [3.63, 3.8) is 0 Å². The first-order valence-electron chi connectivity index (χ1n) is 7.24. The summed E-state index contributed by atoms with van der Waals surface area (Å²) in [5.41, 5.74) is 0.532. The summed E-state index contributed by atoms with van der Waals surface area (Å²) in [7, 11) is 2.89. The molecule has 1 heterocycles. The summed E-state index contributed by atoms with van der Waals surface area (Å²) in [6, 6.07) is 6.66. The number of hydrogen-bond donors (Lipinski definition) is 0. The third-order valence-electron chi connectivity index (χ3n) is 3.34. The number of nitriles is 1. The lowest BCUT2D eigenvalue weighted by molar-refractivity contribution is 0.0601. The number of carbonyl (C=O) groups excluding carboxylic acids is 1. The van der Waals surface area contributed by atoms with Gasteiger partial charge in [0.15, 0.2) is 5.16 Å². The smallest absolute Gasteiger partial charge is 0.337 e. The summed E-state index contributed by atoms with van der Waals surface area (Å²) < 4.78 is 11.3. The van der Waals surface area contributed by atoms with Gasteiger partial charge in [0.2, 0.25) is 0 Å². The highest BCUT2D eigenvalue weighted by molar-refractivity contribution is 7.99. The Morgan fingerprint density at radius 1 is 1.42 bits per heavy atom. The van der Waals surface area contributed by atoms with Crippen LogP contribution in [0.5, 0.6) is 0 Å². The van der Waals surface area contributed by atoms with E-state index in [1.165, 1.54) is 24.9 Å². The van der Waals surface area contributed by atoms with E-state index >= 15 is 0 Å². The number of aromatic nitrogens is 2. The van der Waals surface area contributed by atoms with Gasteiger partial charge in [-0.25, -0.2) is 9.78 Å². The van der Waals surface area contributed by atoms with Crippen LogP contribution in [0.3, 0.4) is 0 Å². The summed E-state index contributed by atoms with van der Waals surface area (Å²) in [6.07, 6.45) is 0.657. The first kappa shape index (κ1) is 18.0. The summed E-state index contributed by atoms with van der Waals surface area (Å²) in [5, 5.41) is 9.67. The molecule has 1 aromatic heterocycles. The fourth-order valence-corrected chi connectivity index (χ4v) is 2.90. The molecular formula is C16H17N3O4S. The lowest BCUT2D eigenvalue weighted by atomic mass is 10.1. The molecule has 0 spiro atoms. The molecule has 7 nitrogen and oxygen atoms in total. The Morgan fingerprint density at radius 3 is 2.88 bits per heavy atom. The minimum absolute atomic E-state index is 0.179. The van der Waals surface area contributed by atoms with E-state index in [-0.39, 0.29) is 11.3 Å². The van der Waals surface area contributed by atoms with Crippen molar-refractivity contribution in [1.82, 2.24) is 9.55 Å². The first-order chi connectivity index (χ1) is 11.6. The van der Waals surface area contributed by atoms with Gasteiger partial charge in [0.1, 0.15) is 0 Å². The van der Waals surface area contributed by atoms with Gasteiger partial charge in [-0.05, 0) is 24.6 Å². The Hall–Kier alpha value is -2.37. The molecule has 0 bridgehead atoms. The van der Waals surface area contributed by atoms with E-state index in [4.69, 9.17) is 10.00 Å². The summed E-state index contributed by atoms with van der Waals surface area (Å²) in [5.74, 6) is -0.312. The van der Waals surface area contributed by atoms with Crippen LogP contribution < -0.4 is 5.56 Å². The Morgan fingerprint density at radius 2 is 2.21 bits per heavy atom. The molecule has 0 N–H and O–H groups in total. The molecule has 1 aromatic carbocycles. The Kier molecular flexibility index (Phi) is 6.35. The van der Waals surface area contributed by atoms with Crippen molar-refractivity contribution in [2.24, 2.45) is 0 Å². The van der Waals surface area contributed by atoms with E-state index in [0.717, 1.165) is 0 Å². The van der Waals surface area contributed by atoms with Gasteiger partial charge in [-0.2, -0.15) is 5.26 Å². The van der Waals surface area contributed by atoms with Gasteiger partial charge in [0, 0.05) is 20.3 Å². The molecule has 0 atom stereocenters. The van der Waals surface area contributed by atoms with Gasteiger partial charge in [0.05, 0.1) is 35.4 Å². The molecule has 24 heavy (non-hydrogen) atoms. The standard InChI is InChI=1S/C16H17N3O4S/c1-22-8-3-7-19-14(20)12-5-4-11(15(21)23-2)10-13(12)18-16(19)24-9-6-17/h4-5,10H,3,7-9H2,1-2H3. The number of fused-ring (bicyclic) bond motifs is 1. The van der Waals surface area contributed by atoms with Gasteiger partial charge in [-0.1, -0.05) is 11.8 Å². The molecule has 0 unspecified atom stereocenters. The lowest BCUT2D eigenvalue weighted by Crippen LogP contribution is -2.24. The fraction of sp³-hybridized carbons (Fsp3) is 0.375. The summed E-state index contributed by atoms with van der Waals surface area (Å²) in [4.78, 5) is 28.8. The predicted molar refractivity (Wildman–Crippen MR) is 90.2 cm³/mol. The van der Waals surface area contributed by atoms with Crippen LogP contribution in [0.4, 0.5) is 0 Å². The third kappa shape index (κ3) is 3.93. The topological polar surface area (TPSA) is 94.2 Å². The van der Waals surface area contributed by atoms with Gasteiger partial charge >= 0.3 is 5.97 Å². The molecule has 0 aliphatic heterocycles. The normalized spacial score (nSPS) is 10.5. The highest BCUT2D eigenvalue weighted by Gasteiger charge is 2.14. The highest BCUT2D eigenvalue weighted by Crippen LogP contribution is 2.19. The van der Waals surface area contributed by atoms with Gasteiger partial charge in [0.25, 0.3) is 5.56 Å². The average Bonchev–Trinajstić information content (AvgIpc) is 2.61. The number of methoxy groups -OCH3 is 2. The molecule has 0 fully saturated rings. The maximum Gasteiger partial charge on any atom is 0.337 e. The van der Waals surface area contributed by atoms with Crippen molar-refractivity contribution in [3.05, 3.63) is 34.1 Å². The number of nitrogens with zero attached hydrogens (tertiary/aromatic N) is 3. The zero-order valence-electron chi connectivity index (χ0n) is 13.4. The molecule has 8 heteroatoms. The zero-order chi connectivity index (χ0) is 17.5. The van der Waals surface area contributed by atoms with E-state index in [2.05, 4.69) is 9.72 Å². The van der Waals surface area contributed by atoms with Crippen molar-refractivity contribution in [2.75, 3.05) is 26.6 Å². The number of rotatable bonds is 7. The minimum atomic E-state index is -0.491. The van der Waals surface area contributed by atoms with Crippen LogP contribution in [-0.2, 0) is 16.0 Å². The molecule has 0 aliphatic rings. The van der Waals surface area contributed by atoms with Gasteiger partial charge < -0.3 is 9.47 Å². The number of ether oxygens (including phenoxy) is 2. The second-order valence-electron chi connectivity index (χ2n) is 4.87. The number of esters is 1. The second-order valence-corrected chi connectivity index (χ2v) is 5.81. The predicted octanol–water partition coefficient (Wildman–Crippen LogP) is 1.84. The van der Waals surface area contributed by atoms with Crippen LogP contribution >= 0.6 is 11.8 Å². The molecule has 0 radical (unpaired) electrons. The number of benzene rings is 1. The van der Waals surface area contributed by atoms with Crippen molar-refractivity contribution in [2.45, 2.75) is 18.1 Å². The van der Waals surface area contributed by atoms with Crippen LogP contribution in [0.15, 0.2) is 28.2 Å². The molecule has 0 aliphatic carbocycles. The maximum atomic E-state index is 12.7. The Balaban J connectivity index is 2.54. The second kappa shape index (κ2) is 8.47. The summed E-state index contributed by atoms with van der Waals surface area (Å²) in [6.45, 7) is 0.968. The van der Waals surface area contributed by atoms with E-state index in [0.29, 0.717) is 41.2 Å². The number of thioether (sulfide) groups is 1. The van der Waals surface area contributed by atoms with Crippen molar-refractivity contribution in [3.8, 4) is 6.07 Å². The third-order valence-corrected chi connectivity index (χ3v) is 4.18. The van der Waals surface area contributed by atoms with Crippen molar-refractivity contribution < 1.29 is 14.3 Å². The first-order valence-corrected chi connectivity index (χ1v) is 8.22. The quantitative estimate of drug-likeness (QED) is 0.326. The van der Waals surface area contributed by atoms with Crippen LogP contribution in [0.25, 0.3) is 10.9 Å². The monoisotopic (exact) mass is 347 g/mol. The Labute approximate surface area is 143 Å². The summed E-state index contributed by atoms with van der Waals surface area (Å²) >= 11 is 1.19. The molecule has 0 saturated carbocycles. The van der Waals surface area contributed by atoms with E-state index in [1.54, 1.807) is 23.8 Å². The van der Waals surface area contributed by atoms with Gasteiger partial charge in [-0.15, -0.1) is 0 Å². The molecular weight excluding hydrogens is 330 g/mol. The van der Waals surface area contributed by atoms with Crippen LogP contribution in [0, 0.1) is 11.3 Å². The molecule has 126 valence electrons. The fourth-order valence-electron chi connectivity index (χ4n) is 2.22. The molecule has 0 amide bonds. The highest BCUT2D eigenvalue weighted by atomic mass is 32.2. The minimum Gasteiger partial charge on any atom is -0.465 e. The van der Waals surface area contributed by atoms with Crippen LogP contribution in [0.1, 0.15) is 16.8 Å². The Bertz CT molecular complexity index is 842. The molecule has 2 rings (SSSR count). The van der Waals surface area contributed by atoms with Crippen LogP contribution in [-0.4, -0.2) is 42.1 Å². The molecule has 2 aromatic rings. The van der Waals surface area contributed by atoms with E-state index in [1.807, 2.05) is 6.07 Å².